The monoisotopic (exact) mass is 482 g/mol. The van der Waals surface area contributed by atoms with Gasteiger partial charge in [-0.15, -0.1) is 0 Å². The summed E-state index contributed by atoms with van der Waals surface area (Å²) in [4.78, 5) is 10.6. The minimum absolute atomic E-state index is 0.0296. The lowest BCUT2D eigenvalue weighted by atomic mass is 9.90. The summed E-state index contributed by atoms with van der Waals surface area (Å²) in [6, 6.07) is 19.1. The van der Waals surface area contributed by atoms with Crippen molar-refractivity contribution < 1.29 is 14.2 Å². The number of nitrogens with zero attached hydrogens (tertiary/aromatic N) is 3. The van der Waals surface area contributed by atoms with Crippen LogP contribution in [-0.4, -0.2) is 57.7 Å². The van der Waals surface area contributed by atoms with Gasteiger partial charge in [-0.1, -0.05) is 25.1 Å². The molecule has 0 amide bonds. The fourth-order valence-electron chi connectivity index (χ4n) is 5.06. The molecule has 3 aliphatic heterocycles. The highest BCUT2D eigenvalue weighted by molar-refractivity contribution is 5.71. The zero-order valence-corrected chi connectivity index (χ0v) is 20.5. The number of H-pyrrole nitrogens is 1. The van der Waals surface area contributed by atoms with E-state index in [1.807, 2.05) is 12.1 Å². The van der Waals surface area contributed by atoms with E-state index in [0.717, 1.165) is 66.8 Å². The molecule has 2 fully saturated rings. The Morgan fingerprint density at radius 3 is 2.56 bits per heavy atom. The summed E-state index contributed by atoms with van der Waals surface area (Å²) in [5, 5.41) is 10.9. The van der Waals surface area contributed by atoms with Gasteiger partial charge in [0.05, 0.1) is 38.6 Å². The van der Waals surface area contributed by atoms with Crippen molar-refractivity contribution in [3.05, 3.63) is 70.4 Å². The standard InChI is InChI=1S/C29H30N4O3/c1-29(17-35-18-29)19-36-27-7-4-21(14-22(27)16-30)24-8-9-31-28-25(24)15-26(32-28)20-2-5-23(6-3-20)33-10-12-34-13-11-33/h2-7,14-15H,8-13,17-19H2,1H3,(H,31,32). The first-order chi connectivity index (χ1) is 17.6. The van der Waals surface area contributed by atoms with Crippen LogP contribution in [0.5, 0.6) is 5.75 Å². The summed E-state index contributed by atoms with van der Waals surface area (Å²) in [6.07, 6.45) is 0.834. The summed E-state index contributed by atoms with van der Waals surface area (Å²) in [6.45, 7) is 8.21. The number of benzene rings is 2. The third kappa shape index (κ3) is 4.39. The molecule has 36 heavy (non-hydrogen) atoms. The average Bonchev–Trinajstić information content (AvgIpc) is 3.36. The Balaban J connectivity index is 1.29. The van der Waals surface area contributed by atoms with Crippen molar-refractivity contribution in [2.75, 3.05) is 57.6 Å². The fourth-order valence-corrected chi connectivity index (χ4v) is 5.06. The van der Waals surface area contributed by atoms with Crippen LogP contribution in [0.15, 0.2) is 53.5 Å². The van der Waals surface area contributed by atoms with Gasteiger partial charge < -0.3 is 24.1 Å². The van der Waals surface area contributed by atoms with Gasteiger partial charge in [0.25, 0.3) is 0 Å². The lowest BCUT2D eigenvalue weighted by Gasteiger charge is -2.37. The Morgan fingerprint density at radius 1 is 1.06 bits per heavy atom. The number of morpholine rings is 1. The van der Waals surface area contributed by atoms with Crippen LogP contribution in [0.3, 0.4) is 0 Å². The highest BCUT2D eigenvalue weighted by Gasteiger charge is 2.34. The highest BCUT2D eigenvalue weighted by atomic mass is 16.5. The highest BCUT2D eigenvalue weighted by Crippen LogP contribution is 2.30. The summed E-state index contributed by atoms with van der Waals surface area (Å²) in [7, 11) is 0. The number of aromatic nitrogens is 1. The zero-order chi connectivity index (χ0) is 24.5. The molecular formula is C29H30N4O3. The molecule has 3 aliphatic rings. The van der Waals surface area contributed by atoms with E-state index in [9.17, 15) is 5.26 Å². The largest absolute Gasteiger partial charge is 0.491 e. The van der Waals surface area contributed by atoms with E-state index < -0.39 is 0 Å². The van der Waals surface area contributed by atoms with E-state index in [2.05, 4.69) is 59.3 Å². The van der Waals surface area contributed by atoms with E-state index in [1.165, 1.54) is 11.3 Å². The van der Waals surface area contributed by atoms with Crippen LogP contribution in [-0.2, 0) is 9.47 Å². The van der Waals surface area contributed by atoms with E-state index in [-0.39, 0.29) is 5.41 Å². The molecule has 184 valence electrons. The minimum atomic E-state index is 0.0296. The van der Waals surface area contributed by atoms with Gasteiger partial charge in [-0.05, 0) is 53.5 Å². The number of nitriles is 1. The van der Waals surface area contributed by atoms with Crippen molar-refractivity contribution in [3.8, 4) is 23.1 Å². The first kappa shape index (κ1) is 22.8. The molecular weight excluding hydrogens is 452 g/mol. The smallest absolute Gasteiger partial charge is 0.137 e. The van der Waals surface area contributed by atoms with Crippen LogP contribution in [0.2, 0.25) is 0 Å². The molecule has 0 unspecified atom stereocenters. The number of fused-ring (bicyclic) bond motifs is 1. The second kappa shape index (κ2) is 9.45. The first-order valence-electron chi connectivity index (χ1n) is 12.6. The van der Waals surface area contributed by atoms with Gasteiger partial charge in [0.15, 0.2) is 0 Å². The molecule has 2 aromatic carbocycles. The molecule has 0 radical (unpaired) electrons. The minimum Gasteiger partial charge on any atom is -0.491 e. The molecule has 0 saturated carbocycles. The van der Waals surface area contributed by atoms with Crippen molar-refractivity contribution in [2.45, 2.75) is 13.3 Å². The Labute approximate surface area is 210 Å². The van der Waals surface area contributed by atoms with Crippen molar-refractivity contribution in [2.24, 2.45) is 10.4 Å². The van der Waals surface area contributed by atoms with E-state index in [0.29, 0.717) is 31.1 Å². The normalized spacial score (nSPS) is 18.6. The Kier molecular flexibility index (Phi) is 6.00. The molecule has 7 heteroatoms. The van der Waals surface area contributed by atoms with Crippen molar-refractivity contribution in [1.29, 1.82) is 5.26 Å². The first-order valence-corrected chi connectivity index (χ1v) is 12.6. The molecule has 0 spiro atoms. The van der Waals surface area contributed by atoms with Gasteiger partial charge in [0.2, 0.25) is 0 Å². The lowest BCUT2D eigenvalue weighted by molar-refractivity contribution is -0.120. The molecule has 1 aromatic heterocycles. The van der Waals surface area contributed by atoms with Gasteiger partial charge in [0.1, 0.15) is 17.3 Å². The molecule has 6 rings (SSSR count). The number of hydrogen-bond acceptors (Lipinski definition) is 6. The molecule has 2 saturated heterocycles. The predicted molar refractivity (Wildman–Crippen MR) is 138 cm³/mol. The number of hydrogen-bond donors (Lipinski definition) is 1. The van der Waals surface area contributed by atoms with Gasteiger partial charge in [-0.3, -0.25) is 4.99 Å². The third-order valence-corrected chi connectivity index (χ3v) is 7.23. The third-order valence-electron chi connectivity index (χ3n) is 7.23. The number of ether oxygens (including phenoxy) is 3. The van der Waals surface area contributed by atoms with E-state index in [1.54, 1.807) is 0 Å². The van der Waals surface area contributed by atoms with Crippen LogP contribution >= 0.6 is 0 Å². The quantitative estimate of drug-likeness (QED) is 0.584. The van der Waals surface area contributed by atoms with Gasteiger partial charge in [0, 0.05) is 41.6 Å². The van der Waals surface area contributed by atoms with Crippen LogP contribution in [0.1, 0.15) is 24.5 Å². The molecule has 7 nitrogen and oxygen atoms in total. The fraction of sp³-hybridized carbons (Fsp3) is 0.379. The predicted octanol–water partition coefficient (Wildman–Crippen LogP) is 3.03. The number of nitrogens with one attached hydrogen (secondary N) is 1. The lowest BCUT2D eigenvalue weighted by Crippen LogP contribution is -2.44. The molecule has 1 N–H and O–H groups in total. The molecule has 0 atom stereocenters. The van der Waals surface area contributed by atoms with Crippen LogP contribution in [0, 0.1) is 16.7 Å². The van der Waals surface area contributed by atoms with Gasteiger partial charge in [-0.2, -0.15) is 5.26 Å². The summed E-state index contributed by atoms with van der Waals surface area (Å²) in [5.74, 6) is 0.630. The number of rotatable bonds is 6. The van der Waals surface area contributed by atoms with Crippen LogP contribution < -0.4 is 20.3 Å². The van der Waals surface area contributed by atoms with Crippen molar-refractivity contribution in [3.63, 3.8) is 0 Å². The van der Waals surface area contributed by atoms with Gasteiger partial charge >= 0.3 is 0 Å². The molecule has 0 aliphatic carbocycles. The molecule has 4 heterocycles. The Bertz CT molecular complexity index is 1420. The SMILES string of the molecule is CC1(COc2ccc(C3=c4cc(-c5ccc(N6CCOCC6)cc5)[nH]c4=NCC3)cc2C#N)COC1. The maximum Gasteiger partial charge on any atom is 0.137 e. The maximum absolute atomic E-state index is 9.81. The average molecular weight is 483 g/mol. The van der Waals surface area contributed by atoms with Crippen LogP contribution in [0.4, 0.5) is 5.69 Å². The number of aromatic amines is 1. The maximum atomic E-state index is 9.81. The Morgan fingerprint density at radius 2 is 1.83 bits per heavy atom. The summed E-state index contributed by atoms with van der Waals surface area (Å²) in [5.41, 5.74) is 7.14. The molecule has 3 aromatic rings. The summed E-state index contributed by atoms with van der Waals surface area (Å²) < 4.78 is 16.8. The summed E-state index contributed by atoms with van der Waals surface area (Å²) >= 11 is 0. The zero-order valence-electron chi connectivity index (χ0n) is 20.5. The second-order valence-electron chi connectivity index (χ2n) is 10.1. The topological polar surface area (TPSA) is 82.9 Å². The van der Waals surface area contributed by atoms with E-state index >= 15 is 0 Å². The molecule has 0 bridgehead atoms. The van der Waals surface area contributed by atoms with Crippen LogP contribution in [0.25, 0.3) is 16.8 Å². The Hall–Kier alpha value is -3.60. The van der Waals surface area contributed by atoms with Gasteiger partial charge in [-0.25, -0.2) is 0 Å². The van der Waals surface area contributed by atoms with Crippen molar-refractivity contribution in [1.82, 2.24) is 4.98 Å². The van der Waals surface area contributed by atoms with E-state index in [4.69, 9.17) is 19.2 Å². The second-order valence-corrected chi connectivity index (χ2v) is 10.1. The number of anilines is 1. The van der Waals surface area contributed by atoms with Crippen molar-refractivity contribution >= 4 is 11.3 Å².